The van der Waals surface area contributed by atoms with Gasteiger partial charge in [0.1, 0.15) is 0 Å². The molecule has 0 aromatic carbocycles. The Morgan fingerprint density at radius 3 is 2.56 bits per heavy atom. The molecule has 0 aromatic rings. The quantitative estimate of drug-likeness (QED) is 0.351. The predicted octanol–water partition coefficient (Wildman–Crippen LogP) is 2.38. The molecule has 9 heavy (non-hydrogen) atoms. The van der Waals surface area contributed by atoms with Crippen LogP contribution in [0.2, 0.25) is 0 Å². The summed E-state index contributed by atoms with van der Waals surface area (Å²) in [5.41, 5.74) is 0. The van der Waals surface area contributed by atoms with Crippen LogP contribution in [0, 0.1) is 0 Å². The number of nitrogens with zero attached hydrogens (tertiary/aromatic N) is 1. The van der Waals surface area contributed by atoms with Gasteiger partial charge in [0.25, 0.3) is 0 Å². The second-order valence-electron chi connectivity index (χ2n) is 1.25. The average molecular weight is 166 g/mol. The first-order valence-corrected chi connectivity index (χ1v) is 3.10. The Bertz CT molecular complexity index is 170. The highest BCUT2D eigenvalue weighted by Crippen LogP contribution is 2.16. The van der Waals surface area contributed by atoms with Crippen LogP contribution in [0.5, 0.6) is 0 Å². The monoisotopic (exact) mass is 165 g/mol. The number of allylic oxidation sites excluding steroid dienone is 1. The number of hydrogen-bond donors (Lipinski definition) is 0. The fourth-order valence-corrected chi connectivity index (χ4v) is 0.457. The lowest BCUT2D eigenvalue weighted by atomic mass is 10.5. The molecule has 0 aliphatic heterocycles. The molecule has 0 amide bonds. The van der Waals surface area contributed by atoms with E-state index in [2.05, 4.69) is 4.99 Å². The zero-order valence-electron chi connectivity index (χ0n) is 4.82. The van der Waals surface area contributed by atoms with Crippen molar-refractivity contribution in [2.45, 2.75) is 13.3 Å². The fraction of sp³-hybridized carbons (Fsp3) is 0.400. The zero-order chi connectivity index (χ0) is 7.28. The molecule has 0 saturated heterocycles. The largest absolute Gasteiger partial charge is 0.241 e. The first-order valence-electron chi connectivity index (χ1n) is 2.34. The molecule has 0 atom stereocenters. The van der Waals surface area contributed by atoms with E-state index in [1.807, 2.05) is 6.92 Å². The lowest BCUT2D eigenvalue weighted by Gasteiger charge is -1.88. The Labute approximate surface area is 63.2 Å². The maximum Gasteiger partial charge on any atom is 0.241 e. The van der Waals surface area contributed by atoms with Gasteiger partial charge < -0.3 is 0 Å². The third kappa shape index (κ3) is 3.31. The summed E-state index contributed by atoms with van der Waals surface area (Å²) in [7, 11) is 0. The molecular formula is C5H5Cl2NO. The Hall–Kier alpha value is -0.300. The van der Waals surface area contributed by atoms with Gasteiger partial charge in [0.05, 0.1) is 5.03 Å². The van der Waals surface area contributed by atoms with Gasteiger partial charge in [-0.3, -0.25) is 0 Å². The second-order valence-corrected chi connectivity index (χ2v) is 2.07. The van der Waals surface area contributed by atoms with Crippen LogP contribution >= 0.6 is 23.2 Å². The summed E-state index contributed by atoms with van der Waals surface area (Å²) >= 11 is 10.8. The Kier molecular flexibility index (Phi) is 4.41. The van der Waals surface area contributed by atoms with Crippen LogP contribution in [0.1, 0.15) is 13.3 Å². The summed E-state index contributed by atoms with van der Waals surface area (Å²) in [6, 6.07) is 0. The van der Waals surface area contributed by atoms with Gasteiger partial charge in [0.2, 0.25) is 6.08 Å². The Balaban J connectivity index is 4.27. The number of carbonyl (C=O) groups excluding carboxylic acids is 1. The van der Waals surface area contributed by atoms with Crippen LogP contribution < -0.4 is 0 Å². The molecular weight excluding hydrogens is 161 g/mol. The van der Waals surface area contributed by atoms with Crippen molar-refractivity contribution in [1.29, 1.82) is 0 Å². The van der Waals surface area contributed by atoms with E-state index in [4.69, 9.17) is 23.2 Å². The molecule has 0 rings (SSSR count). The maximum absolute atomic E-state index is 9.57. The Morgan fingerprint density at radius 1 is 1.67 bits per heavy atom. The van der Waals surface area contributed by atoms with Crippen LogP contribution in [0.25, 0.3) is 0 Å². The normalized spacial score (nSPS) is 11.9. The molecule has 0 radical (unpaired) electrons. The predicted molar refractivity (Wildman–Crippen MR) is 37.1 cm³/mol. The molecule has 0 unspecified atom stereocenters. The molecule has 0 bridgehead atoms. The van der Waals surface area contributed by atoms with E-state index in [0.717, 1.165) is 0 Å². The molecule has 0 aromatic heterocycles. The van der Waals surface area contributed by atoms with Gasteiger partial charge in [0, 0.05) is 0 Å². The van der Waals surface area contributed by atoms with Gasteiger partial charge in [-0.1, -0.05) is 30.1 Å². The van der Waals surface area contributed by atoms with Crippen molar-refractivity contribution >= 4 is 29.3 Å². The third-order valence-electron chi connectivity index (χ3n) is 0.678. The Morgan fingerprint density at radius 2 is 2.22 bits per heavy atom. The fourth-order valence-electron chi connectivity index (χ4n) is 0.247. The minimum atomic E-state index is 0.0224. The molecule has 0 fully saturated rings. The lowest BCUT2D eigenvalue weighted by molar-refractivity contribution is 0.565. The molecule has 0 N–H and O–H groups in total. The smallest absolute Gasteiger partial charge is 0.211 e. The van der Waals surface area contributed by atoms with Crippen molar-refractivity contribution < 1.29 is 4.79 Å². The lowest BCUT2D eigenvalue weighted by Crippen LogP contribution is -1.70. The second kappa shape index (κ2) is 4.57. The van der Waals surface area contributed by atoms with E-state index in [0.29, 0.717) is 11.5 Å². The van der Waals surface area contributed by atoms with Crippen LogP contribution in [-0.2, 0) is 4.79 Å². The van der Waals surface area contributed by atoms with Gasteiger partial charge in [-0.05, 0) is 6.42 Å². The van der Waals surface area contributed by atoms with E-state index >= 15 is 0 Å². The number of hydrogen-bond acceptors (Lipinski definition) is 2. The van der Waals surface area contributed by atoms with Crippen molar-refractivity contribution in [2.24, 2.45) is 4.99 Å². The first-order chi connectivity index (χ1) is 4.22. The molecule has 0 saturated carbocycles. The van der Waals surface area contributed by atoms with E-state index in [1.54, 1.807) is 0 Å². The minimum absolute atomic E-state index is 0.0224. The van der Waals surface area contributed by atoms with Crippen molar-refractivity contribution in [3.63, 3.8) is 0 Å². The average Bonchev–Trinajstić information content (AvgIpc) is 1.87. The van der Waals surface area contributed by atoms with Gasteiger partial charge in [0.15, 0.2) is 5.16 Å². The molecule has 4 heteroatoms. The van der Waals surface area contributed by atoms with Crippen molar-refractivity contribution in [1.82, 2.24) is 0 Å². The maximum atomic E-state index is 9.57. The van der Waals surface area contributed by atoms with Crippen molar-refractivity contribution in [2.75, 3.05) is 0 Å². The highest BCUT2D eigenvalue weighted by molar-refractivity contribution is 6.39. The van der Waals surface area contributed by atoms with Crippen molar-refractivity contribution in [3.8, 4) is 0 Å². The summed E-state index contributed by atoms with van der Waals surface area (Å²) in [5, 5.41) is 0.397. The molecule has 0 aliphatic rings. The number of aliphatic imine (C=N–C) groups is 1. The highest BCUT2D eigenvalue weighted by Gasteiger charge is 1.94. The third-order valence-corrected chi connectivity index (χ3v) is 1.53. The van der Waals surface area contributed by atoms with Gasteiger partial charge >= 0.3 is 0 Å². The van der Waals surface area contributed by atoms with Gasteiger partial charge in [-0.15, -0.1) is 0 Å². The van der Waals surface area contributed by atoms with Gasteiger partial charge in [-0.25, -0.2) is 4.79 Å². The SMILES string of the molecule is CC/C(Cl)=C(\Cl)N=C=O. The molecule has 2 nitrogen and oxygen atoms in total. The summed E-state index contributed by atoms with van der Waals surface area (Å²) < 4.78 is 0. The van der Waals surface area contributed by atoms with Crippen LogP contribution in [-0.4, -0.2) is 6.08 Å². The summed E-state index contributed by atoms with van der Waals surface area (Å²) in [4.78, 5) is 12.7. The highest BCUT2D eigenvalue weighted by atomic mass is 35.5. The topological polar surface area (TPSA) is 29.4 Å². The standard InChI is InChI=1S/C5H5Cl2NO/c1-2-4(6)5(7)8-3-9/h2H2,1H3/b5-4-. The van der Waals surface area contributed by atoms with E-state index in [-0.39, 0.29) is 5.16 Å². The number of rotatable bonds is 2. The molecule has 50 valence electrons. The zero-order valence-corrected chi connectivity index (χ0v) is 6.33. The molecule has 0 spiro atoms. The molecule has 0 heterocycles. The molecule has 0 aliphatic carbocycles. The summed E-state index contributed by atoms with van der Waals surface area (Å²) in [5.74, 6) is 0. The van der Waals surface area contributed by atoms with Crippen LogP contribution in [0.15, 0.2) is 15.2 Å². The summed E-state index contributed by atoms with van der Waals surface area (Å²) in [6.07, 6.45) is 1.86. The number of halogens is 2. The minimum Gasteiger partial charge on any atom is -0.211 e. The van der Waals surface area contributed by atoms with Crippen molar-refractivity contribution in [3.05, 3.63) is 10.2 Å². The van der Waals surface area contributed by atoms with E-state index < -0.39 is 0 Å². The van der Waals surface area contributed by atoms with Crippen LogP contribution in [0.4, 0.5) is 0 Å². The van der Waals surface area contributed by atoms with E-state index in [9.17, 15) is 4.79 Å². The van der Waals surface area contributed by atoms with Crippen LogP contribution in [0.3, 0.4) is 0 Å². The number of isocyanates is 1. The van der Waals surface area contributed by atoms with E-state index in [1.165, 1.54) is 6.08 Å². The summed E-state index contributed by atoms with van der Waals surface area (Å²) in [6.45, 7) is 1.81. The van der Waals surface area contributed by atoms with Gasteiger partial charge in [-0.2, -0.15) is 4.99 Å². The first kappa shape index (κ1) is 8.70.